The molecule has 0 aromatic heterocycles. The fourth-order valence-electron chi connectivity index (χ4n) is 4.09. The van der Waals surface area contributed by atoms with E-state index in [1.54, 1.807) is 6.08 Å². The van der Waals surface area contributed by atoms with Gasteiger partial charge in [-0.2, -0.15) is 0 Å². The number of carbonyl (C=O) groups excluding carboxylic acids is 2. The summed E-state index contributed by atoms with van der Waals surface area (Å²) in [5, 5.41) is 2.97. The molecule has 0 spiro atoms. The Morgan fingerprint density at radius 3 is 2.09 bits per heavy atom. The summed E-state index contributed by atoms with van der Waals surface area (Å²) < 4.78 is 0. The first-order chi connectivity index (χ1) is 16.0. The number of nitrogens with one attached hydrogen (secondary N) is 1. The van der Waals surface area contributed by atoms with Crippen LogP contribution < -0.4 is 10.2 Å². The van der Waals surface area contributed by atoms with Crippen LogP contribution in [0.2, 0.25) is 0 Å². The molecule has 5 nitrogen and oxygen atoms in total. The zero-order valence-electron chi connectivity index (χ0n) is 19.1. The van der Waals surface area contributed by atoms with Crippen LogP contribution in [0.5, 0.6) is 0 Å². The number of nitrogens with zero attached hydrogens (tertiary/aromatic N) is 2. The molecule has 0 saturated carbocycles. The molecule has 3 aromatic rings. The Labute approximate surface area is 195 Å². The molecule has 0 unspecified atom stereocenters. The van der Waals surface area contributed by atoms with E-state index < -0.39 is 0 Å². The maximum absolute atomic E-state index is 12.6. The summed E-state index contributed by atoms with van der Waals surface area (Å²) in [4.78, 5) is 29.2. The lowest BCUT2D eigenvalue weighted by molar-refractivity contribution is -0.126. The molecule has 0 bridgehead atoms. The topological polar surface area (TPSA) is 52.7 Å². The molecule has 3 aromatic carbocycles. The summed E-state index contributed by atoms with van der Waals surface area (Å²) in [6.45, 7) is 6.90. The minimum atomic E-state index is -0.106. The fraction of sp³-hybridized carbons (Fsp3) is 0.214. The number of benzene rings is 3. The molecule has 1 fully saturated rings. The van der Waals surface area contributed by atoms with Gasteiger partial charge in [-0.3, -0.25) is 9.59 Å². The molecular weight excluding hydrogens is 410 g/mol. The van der Waals surface area contributed by atoms with Gasteiger partial charge in [0, 0.05) is 49.2 Å². The molecule has 0 radical (unpaired) electrons. The first kappa shape index (κ1) is 22.3. The van der Waals surface area contributed by atoms with Crippen molar-refractivity contribution >= 4 is 29.3 Å². The van der Waals surface area contributed by atoms with Crippen LogP contribution in [0.25, 0.3) is 6.08 Å². The third kappa shape index (κ3) is 5.89. The van der Waals surface area contributed by atoms with Crippen molar-refractivity contribution in [1.29, 1.82) is 0 Å². The van der Waals surface area contributed by atoms with Gasteiger partial charge in [-0.05, 0) is 61.9 Å². The Morgan fingerprint density at radius 2 is 1.45 bits per heavy atom. The lowest BCUT2D eigenvalue weighted by atomic mass is 10.1. The number of amides is 2. The van der Waals surface area contributed by atoms with E-state index in [2.05, 4.69) is 16.3 Å². The minimum Gasteiger partial charge on any atom is -0.368 e. The molecule has 33 heavy (non-hydrogen) atoms. The number of piperazine rings is 1. The molecule has 168 valence electrons. The Kier molecular flexibility index (Phi) is 6.89. The van der Waals surface area contributed by atoms with Crippen molar-refractivity contribution in [3.63, 3.8) is 0 Å². The maximum atomic E-state index is 12.6. The van der Waals surface area contributed by atoms with E-state index in [0.717, 1.165) is 41.2 Å². The van der Waals surface area contributed by atoms with Crippen molar-refractivity contribution in [1.82, 2.24) is 4.90 Å². The van der Waals surface area contributed by atoms with Crippen LogP contribution in [-0.4, -0.2) is 42.9 Å². The third-order valence-electron chi connectivity index (χ3n) is 5.78. The number of rotatable bonds is 5. The van der Waals surface area contributed by atoms with Crippen LogP contribution in [0.3, 0.4) is 0 Å². The molecule has 0 atom stereocenters. The highest BCUT2D eigenvalue weighted by atomic mass is 16.2. The van der Waals surface area contributed by atoms with Crippen molar-refractivity contribution in [2.45, 2.75) is 13.8 Å². The Morgan fingerprint density at radius 1 is 0.818 bits per heavy atom. The average molecular weight is 440 g/mol. The first-order valence-corrected chi connectivity index (χ1v) is 11.2. The van der Waals surface area contributed by atoms with Crippen molar-refractivity contribution < 1.29 is 9.59 Å². The van der Waals surface area contributed by atoms with Gasteiger partial charge in [-0.1, -0.05) is 47.5 Å². The van der Waals surface area contributed by atoms with Gasteiger partial charge in [-0.25, -0.2) is 0 Å². The first-order valence-electron chi connectivity index (χ1n) is 11.2. The van der Waals surface area contributed by atoms with Crippen molar-refractivity contribution in [3.05, 3.63) is 101 Å². The highest BCUT2D eigenvalue weighted by Gasteiger charge is 2.20. The molecule has 2 amide bonds. The van der Waals surface area contributed by atoms with Gasteiger partial charge in [-0.15, -0.1) is 0 Å². The van der Waals surface area contributed by atoms with Crippen molar-refractivity contribution in [2.24, 2.45) is 0 Å². The maximum Gasteiger partial charge on any atom is 0.255 e. The van der Waals surface area contributed by atoms with Crippen molar-refractivity contribution in [3.8, 4) is 0 Å². The normalized spacial score (nSPS) is 13.9. The second kappa shape index (κ2) is 10.2. The van der Waals surface area contributed by atoms with Crippen LogP contribution in [0.4, 0.5) is 11.4 Å². The second-order valence-corrected chi connectivity index (χ2v) is 8.43. The van der Waals surface area contributed by atoms with Gasteiger partial charge in [0.05, 0.1) is 0 Å². The molecule has 5 heteroatoms. The monoisotopic (exact) mass is 439 g/mol. The van der Waals surface area contributed by atoms with E-state index in [1.165, 1.54) is 0 Å². The summed E-state index contributed by atoms with van der Waals surface area (Å²) in [6.07, 6.45) is 3.51. The van der Waals surface area contributed by atoms with E-state index in [4.69, 9.17) is 0 Å². The Bertz CT molecular complexity index is 1130. The van der Waals surface area contributed by atoms with Gasteiger partial charge in [0.1, 0.15) is 0 Å². The van der Waals surface area contributed by atoms with Crippen LogP contribution in [0, 0.1) is 13.8 Å². The van der Waals surface area contributed by atoms with Crippen molar-refractivity contribution in [2.75, 3.05) is 36.4 Å². The lowest BCUT2D eigenvalue weighted by Gasteiger charge is -2.35. The Balaban J connectivity index is 1.30. The predicted molar refractivity (Wildman–Crippen MR) is 135 cm³/mol. The fourth-order valence-corrected chi connectivity index (χ4v) is 4.09. The third-order valence-corrected chi connectivity index (χ3v) is 5.78. The predicted octanol–water partition coefficient (Wildman–Crippen LogP) is 4.92. The van der Waals surface area contributed by atoms with E-state index >= 15 is 0 Å². The average Bonchev–Trinajstić information content (AvgIpc) is 2.83. The molecule has 1 aliphatic rings. The number of carbonyl (C=O) groups is 2. The molecular formula is C28H29N3O2. The SMILES string of the molecule is Cc1cc(C)cc(C(=O)Nc2ccc(N3CCN(C(=O)/C=C/c4ccccc4)CC3)cc2)c1. The molecule has 4 rings (SSSR count). The van der Waals surface area contributed by atoms with Crippen LogP contribution in [0.1, 0.15) is 27.0 Å². The van der Waals surface area contributed by atoms with Crippen LogP contribution in [0.15, 0.2) is 78.9 Å². The second-order valence-electron chi connectivity index (χ2n) is 8.43. The zero-order chi connectivity index (χ0) is 23.2. The van der Waals surface area contributed by atoms with E-state index in [-0.39, 0.29) is 11.8 Å². The standard InChI is InChI=1S/C28H29N3O2/c1-21-18-22(2)20-24(19-21)28(33)29-25-9-11-26(12-10-25)30-14-16-31(17-15-30)27(32)13-8-23-6-4-3-5-7-23/h3-13,18-20H,14-17H2,1-2H3,(H,29,33)/b13-8+. The van der Waals surface area contributed by atoms with E-state index in [9.17, 15) is 9.59 Å². The summed E-state index contributed by atoms with van der Waals surface area (Å²) in [7, 11) is 0. The zero-order valence-corrected chi connectivity index (χ0v) is 19.1. The number of hydrogen-bond acceptors (Lipinski definition) is 3. The Hall–Kier alpha value is -3.86. The summed E-state index contributed by atoms with van der Waals surface area (Å²) in [5.41, 5.74) is 5.69. The molecule has 1 N–H and O–H groups in total. The van der Waals surface area contributed by atoms with Gasteiger partial charge in [0.25, 0.3) is 5.91 Å². The lowest BCUT2D eigenvalue weighted by Crippen LogP contribution is -2.48. The summed E-state index contributed by atoms with van der Waals surface area (Å²) >= 11 is 0. The quantitative estimate of drug-likeness (QED) is 0.574. The molecule has 1 aliphatic heterocycles. The number of anilines is 2. The molecule has 1 heterocycles. The summed E-state index contributed by atoms with van der Waals surface area (Å²) in [5.74, 6) is -0.0619. The van der Waals surface area contributed by atoms with Crippen LogP contribution >= 0.6 is 0 Å². The van der Waals surface area contributed by atoms with Gasteiger partial charge >= 0.3 is 0 Å². The minimum absolute atomic E-state index is 0.0444. The summed E-state index contributed by atoms with van der Waals surface area (Å²) in [6, 6.07) is 23.6. The molecule has 0 aliphatic carbocycles. The largest absolute Gasteiger partial charge is 0.368 e. The number of hydrogen-bond donors (Lipinski definition) is 1. The van der Waals surface area contributed by atoms with E-state index in [1.807, 2.05) is 91.6 Å². The number of aryl methyl sites for hydroxylation is 2. The smallest absolute Gasteiger partial charge is 0.255 e. The highest BCUT2D eigenvalue weighted by molar-refractivity contribution is 6.04. The van der Waals surface area contributed by atoms with E-state index in [0.29, 0.717) is 18.7 Å². The molecule has 1 saturated heterocycles. The van der Waals surface area contributed by atoms with Gasteiger partial charge in [0.15, 0.2) is 0 Å². The van der Waals surface area contributed by atoms with Gasteiger partial charge in [0.2, 0.25) is 5.91 Å². The highest BCUT2D eigenvalue weighted by Crippen LogP contribution is 2.21. The van der Waals surface area contributed by atoms with Crippen LogP contribution in [-0.2, 0) is 4.79 Å². The van der Waals surface area contributed by atoms with Gasteiger partial charge < -0.3 is 15.1 Å².